The number of aryl methyl sites for hydroxylation is 1. The van der Waals surface area contributed by atoms with Gasteiger partial charge in [0.15, 0.2) is 0 Å². The van der Waals surface area contributed by atoms with E-state index in [2.05, 4.69) is 6.07 Å². The van der Waals surface area contributed by atoms with Gasteiger partial charge in [-0.25, -0.2) is 4.39 Å². The minimum Gasteiger partial charge on any atom is -0.380 e. The van der Waals surface area contributed by atoms with E-state index in [0.29, 0.717) is 12.1 Å². The van der Waals surface area contributed by atoms with E-state index < -0.39 is 58.6 Å². The van der Waals surface area contributed by atoms with Crippen LogP contribution in [0, 0.1) is 13.0 Å². The molecule has 2 aromatic rings. The smallest absolute Gasteiger partial charge is 0.380 e. The number of hydrogen-bond donors (Lipinski definition) is 0. The van der Waals surface area contributed by atoms with E-state index in [4.69, 9.17) is 4.74 Å². The van der Waals surface area contributed by atoms with Gasteiger partial charge in [0.1, 0.15) is 0 Å². The number of benzene rings is 2. The highest BCUT2D eigenvalue weighted by molar-refractivity contribution is 5.76. The molecule has 0 aliphatic rings. The van der Waals surface area contributed by atoms with Crippen molar-refractivity contribution in [3.63, 3.8) is 0 Å². The van der Waals surface area contributed by atoms with Crippen molar-refractivity contribution in [1.82, 2.24) is 0 Å². The third-order valence-corrected chi connectivity index (χ3v) is 4.22. The third-order valence-electron chi connectivity index (χ3n) is 4.22. The van der Waals surface area contributed by atoms with Crippen molar-refractivity contribution in [2.75, 3.05) is 7.11 Å². The van der Waals surface area contributed by atoms with Crippen LogP contribution in [0.25, 0.3) is 11.1 Å². The summed E-state index contributed by atoms with van der Waals surface area (Å²) in [5, 5.41) is 0. The Kier molecular flexibility index (Phi) is 6.19. The van der Waals surface area contributed by atoms with Crippen LogP contribution in [0.5, 0.6) is 0 Å². The van der Waals surface area contributed by atoms with Gasteiger partial charge in [0.2, 0.25) is 0 Å². The van der Waals surface area contributed by atoms with Crippen LogP contribution in [-0.2, 0) is 23.2 Å². The zero-order valence-electron chi connectivity index (χ0n) is 15.3. The van der Waals surface area contributed by atoms with Gasteiger partial charge in [0.05, 0.1) is 12.2 Å². The summed E-state index contributed by atoms with van der Waals surface area (Å²) in [6, 6.07) is 5.58. The summed E-state index contributed by atoms with van der Waals surface area (Å²) in [6.45, 7) is 0.331. The summed E-state index contributed by atoms with van der Waals surface area (Å²) < 4.78 is 140. The standard InChI is InChI=1S/C19H13F10O/c1-10-7-11(9-30-2)15(12-5-3-4-6-13(12)17(21,22)23)14(8-10)16(20,18(24,25)26)19(27,28)29/h3-6,8H,9H2,1-2H3. The van der Waals surface area contributed by atoms with Gasteiger partial charge in [0.25, 0.3) is 0 Å². The maximum Gasteiger partial charge on any atom is 0.435 e. The van der Waals surface area contributed by atoms with Crippen LogP contribution in [0.15, 0.2) is 30.3 Å². The Morgan fingerprint density at radius 2 is 1.37 bits per heavy atom. The molecule has 0 fully saturated rings. The van der Waals surface area contributed by atoms with Crippen molar-refractivity contribution in [2.45, 2.75) is 37.7 Å². The fourth-order valence-corrected chi connectivity index (χ4v) is 3.03. The minimum atomic E-state index is -6.51. The number of methoxy groups -OCH3 is 1. The molecular formula is C19H13F10O. The molecule has 11 heteroatoms. The first kappa shape index (κ1) is 24.0. The number of rotatable bonds is 4. The molecule has 1 radical (unpaired) electrons. The van der Waals surface area contributed by atoms with Crippen LogP contribution in [0.1, 0.15) is 22.3 Å². The highest BCUT2D eigenvalue weighted by atomic mass is 19.4. The summed E-state index contributed by atoms with van der Waals surface area (Å²) in [7, 11) is 1.02. The number of hydrogen-bond acceptors (Lipinski definition) is 1. The molecule has 0 aromatic heterocycles. The van der Waals surface area contributed by atoms with Gasteiger partial charge in [-0.15, -0.1) is 0 Å². The van der Waals surface area contributed by atoms with Crippen molar-refractivity contribution in [2.24, 2.45) is 0 Å². The summed E-state index contributed by atoms with van der Waals surface area (Å²) in [5.74, 6) is 0. The molecule has 0 saturated carbocycles. The van der Waals surface area contributed by atoms with Crippen molar-refractivity contribution in [3.8, 4) is 11.1 Å². The lowest BCUT2D eigenvalue weighted by Crippen LogP contribution is -2.50. The summed E-state index contributed by atoms with van der Waals surface area (Å²) in [5.41, 5.74) is -12.7. The van der Waals surface area contributed by atoms with Gasteiger partial charge < -0.3 is 4.74 Å². The maximum absolute atomic E-state index is 14.9. The normalized spacial score (nSPS) is 13.6. The molecule has 0 saturated heterocycles. The monoisotopic (exact) mass is 447 g/mol. The molecule has 0 aliphatic carbocycles. The summed E-state index contributed by atoms with van der Waals surface area (Å²) in [4.78, 5) is 0. The first-order valence-electron chi connectivity index (χ1n) is 8.09. The molecular weight excluding hydrogens is 434 g/mol. The number of ether oxygens (including phenoxy) is 1. The Morgan fingerprint density at radius 3 is 1.83 bits per heavy atom. The molecule has 1 nitrogen and oxygen atoms in total. The van der Waals surface area contributed by atoms with Crippen molar-refractivity contribution < 1.29 is 48.6 Å². The zero-order chi connectivity index (χ0) is 23.1. The van der Waals surface area contributed by atoms with Gasteiger partial charge >= 0.3 is 24.2 Å². The van der Waals surface area contributed by atoms with Crippen molar-refractivity contribution >= 4 is 0 Å². The van der Waals surface area contributed by atoms with Gasteiger partial charge in [-0.3, -0.25) is 0 Å². The molecule has 30 heavy (non-hydrogen) atoms. The molecule has 0 spiro atoms. The van der Waals surface area contributed by atoms with Crippen LogP contribution >= 0.6 is 0 Å². The maximum atomic E-state index is 14.9. The number of halogens is 10. The van der Waals surface area contributed by atoms with Crippen LogP contribution in [-0.4, -0.2) is 19.5 Å². The second-order valence-electron chi connectivity index (χ2n) is 6.35. The van der Waals surface area contributed by atoms with E-state index in [9.17, 15) is 43.9 Å². The average Bonchev–Trinajstić information content (AvgIpc) is 2.58. The Bertz CT molecular complexity index is 895. The predicted molar refractivity (Wildman–Crippen MR) is 86.1 cm³/mol. The van der Waals surface area contributed by atoms with Crippen molar-refractivity contribution in [3.05, 3.63) is 58.7 Å². The van der Waals surface area contributed by atoms with Gasteiger partial charge in [-0.05, 0) is 41.3 Å². The summed E-state index contributed by atoms with van der Waals surface area (Å²) in [6.07, 6.45) is -18.2. The van der Waals surface area contributed by atoms with Gasteiger partial charge in [-0.2, -0.15) is 39.5 Å². The molecule has 0 atom stereocenters. The topological polar surface area (TPSA) is 9.23 Å². The van der Waals surface area contributed by atoms with E-state index in [-0.39, 0.29) is 11.6 Å². The molecule has 165 valence electrons. The van der Waals surface area contributed by atoms with Crippen LogP contribution in [0.2, 0.25) is 0 Å². The van der Waals surface area contributed by atoms with E-state index in [1.165, 1.54) is 0 Å². The van der Waals surface area contributed by atoms with Crippen molar-refractivity contribution in [1.29, 1.82) is 0 Å². The molecule has 0 bridgehead atoms. The highest BCUT2D eigenvalue weighted by Gasteiger charge is 2.74. The Morgan fingerprint density at radius 1 is 0.833 bits per heavy atom. The Labute approximate surface area is 164 Å². The average molecular weight is 447 g/mol. The van der Waals surface area contributed by atoms with Gasteiger partial charge in [-0.1, -0.05) is 24.3 Å². The Balaban J connectivity index is 3.09. The molecule has 0 unspecified atom stereocenters. The predicted octanol–water partition coefficient (Wildman–Crippen LogP) is 6.92. The number of alkyl halides is 10. The fourth-order valence-electron chi connectivity index (χ4n) is 3.03. The SMILES string of the molecule is COCc1[c]c(C)cc(C(F)(C(F)(F)F)C(F)(F)F)c1-c1ccccc1C(F)(F)F. The second kappa shape index (κ2) is 7.75. The van der Waals surface area contributed by atoms with E-state index in [0.717, 1.165) is 26.2 Å². The van der Waals surface area contributed by atoms with E-state index >= 15 is 0 Å². The van der Waals surface area contributed by atoms with Crippen LogP contribution < -0.4 is 0 Å². The molecule has 2 aromatic carbocycles. The molecule has 2 rings (SSSR count). The third kappa shape index (κ3) is 4.12. The molecule has 0 heterocycles. The lowest BCUT2D eigenvalue weighted by atomic mass is 9.82. The molecule has 0 N–H and O–H groups in total. The van der Waals surface area contributed by atoms with Crippen LogP contribution in [0.4, 0.5) is 43.9 Å². The largest absolute Gasteiger partial charge is 0.435 e. The Hall–Kier alpha value is -2.30. The second-order valence-corrected chi connectivity index (χ2v) is 6.35. The fraction of sp³-hybridized carbons (Fsp3) is 0.368. The lowest BCUT2D eigenvalue weighted by molar-refractivity contribution is -0.348. The first-order chi connectivity index (χ1) is 13.6. The minimum absolute atomic E-state index is 0.197. The van der Waals surface area contributed by atoms with E-state index in [1.54, 1.807) is 0 Å². The zero-order valence-corrected chi connectivity index (χ0v) is 15.3. The molecule has 0 amide bonds. The van der Waals surface area contributed by atoms with Gasteiger partial charge in [0, 0.05) is 12.7 Å². The summed E-state index contributed by atoms with van der Waals surface area (Å²) >= 11 is 0. The highest BCUT2D eigenvalue weighted by Crippen LogP contribution is 2.56. The first-order valence-corrected chi connectivity index (χ1v) is 8.09. The van der Waals surface area contributed by atoms with E-state index in [1.807, 2.05) is 0 Å². The molecule has 0 aliphatic heterocycles. The quantitative estimate of drug-likeness (QED) is 0.463. The lowest BCUT2D eigenvalue weighted by Gasteiger charge is -2.33. The van der Waals surface area contributed by atoms with Crippen LogP contribution in [0.3, 0.4) is 0 Å².